The fraction of sp³-hybridized carbons (Fsp3) is 0.263. The number of carbonyl (C=O) groups is 1. The van der Waals surface area contributed by atoms with Gasteiger partial charge in [0.2, 0.25) is 0 Å². The average Bonchev–Trinajstić information content (AvgIpc) is 2.96. The molecule has 0 aliphatic carbocycles. The molecule has 3 aromatic rings. The molecule has 0 saturated carbocycles. The number of hydrogen-bond acceptors (Lipinski definition) is 3. The van der Waals surface area contributed by atoms with Crippen molar-refractivity contribution in [2.75, 3.05) is 7.05 Å². The van der Waals surface area contributed by atoms with E-state index in [-0.39, 0.29) is 16.9 Å². The zero-order valence-corrected chi connectivity index (χ0v) is 14.2. The first-order valence-electron chi connectivity index (χ1n) is 7.79. The van der Waals surface area contributed by atoms with Crippen molar-refractivity contribution < 1.29 is 9.21 Å². The Kier molecular flexibility index (Phi) is 3.79. The lowest BCUT2D eigenvalue weighted by atomic mass is 9.84. The minimum atomic E-state index is -0.215. The molecule has 0 saturated heterocycles. The Balaban J connectivity index is 2.38. The highest BCUT2D eigenvalue weighted by atomic mass is 16.3. The number of carbonyl (C=O) groups excluding carboxylic acids is 1. The van der Waals surface area contributed by atoms with Crippen LogP contribution in [-0.2, 0) is 5.41 Å². The van der Waals surface area contributed by atoms with Gasteiger partial charge < -0.3 is 14.7 Å². The van der Waals surface area contributed by atoms with E-state index in [1.165, 1.54) is 6.26 Å². The second kappa shape index (κ2) is 5.67. The third-order valence-corrected chi connectivity index (χ3v) is 4.08. The van der Waals surface area contributed by atoms with Gasteiger partial charge in [-0.25, -0.2) is 0 Å². The van der Waals surface area contributed by atoms with E-state index in [1.54, 1.807) is 25.4 Å². The molecule has 0 aliphatic rings. The van der Waals surface area contributed by atoms with Crippen LogP contribution in [0.15, 0.2) is 45.9 Å². The molecule has 5 nitrogen and oxygen atoms in total. The molecule has 1 amide bonds. The Hall–Kier alpha value is -2.82. The van der Waals surface area contributed by atoms with Gasteiger partial charge >= 0.3 is 0 Å². The Morgan fingerprint density at radius 1 is 1.25 bits per heavy atom. The van der Waals surface area contributed by atoms with E-state index < -0.39 is 0 Å². The van der Waals surface area contributed by atoms with Gasteiger partial charge in [0, 0.05) is 29.8 Å². The fourth-order valence-corrected chi connectivity index (χ4v) is 2.81. The molecule has 0 radical (unpaired) electrons. The Morgan fingerprint density at radius 2 is 2.00 bits per heavy atom. The molecule has 0 atom stereocenters. The van der Waals surface area contributed by atoms with Crippen molar-refractivity contribution in [3.8, 4) is 11.1 Å². The van der Waals surface area contributed by atoms with E-state index >= 15 is 0 Å². The quantitative estimate of drug-likeness (QED) is 0.758. The van der Waals surface area contributed by atoms with E-state index in [0.29, 0.717) is 22.1 Å². The van der Waals surface area contributed by atoms with Gasteiger partial charge in [0.25, 0.3) is 11.5 Å². The van der Waals surface area contributed by atoms with Gasteiger partial charge in [0.05, 0.1) is 5.56 Å². The number of nitrogens with one attached hydrogen (secondary N) is 2. The summed E-state index contributed by atoms with van der Waals surface area (Å²) in [7, 11) is 1.58. The molecule has 0 bridgehead atoms. The number of pyridine rings is 1. The third-order valence-electron chi connectivity index (χ3n) is 4.08. The molecule has 2 N–H and O–H groups in total. The van der Waals surface area contributed by atoms with Gasteiger partial charge in [-0.3, -0.25) is 9.59 Å². The maximum absolute atomic E-state index is 12.2. The maximum Gasteiger partial charge on any atom is 0.255 e. The molecular formula is C19H20N2O3. The molecule has 5 heteroatoms. The number of aromatic nitrogens is 1. The third kappa shape index (κ3) is 2.62. The normalized spacial score (nSPS) is 11.7. The first-order valence-corrected chi connectivity index (χ1v) is 7.79. The van der Waals surface area contributed by atoms with Gasteiger partial charge in [-0.2, -0.15) is 0 Å². The number of rotatable bonds is 2. The molecule has 0 fully saturated rings. The summed E-state index contributed by atoms with van der Waals surface area (Å²) in [5.74, 6) is -0.215. The Labute approximate surface area is 139 Å². The lowest BCUT2D eigenvalue weighted by Gasteiger charge is -2.20. The van der Waals surface area contributed by atoms with E-state index in [2.05, 4.69) is 31.1 Å². The van der Waals surface area contributed by atoms with Crippen LogP contribution in [-0.4, -0.2) is 17.9 Å². The van der Waals surface area contributed by atoms with Crippen molar-refractivity contribution in [2.24, 2.45) is 0 Å². The van der Waals surface area contributed by atoms with Crippen molar-refractivity contribution in [3.05, 3.63) is 58.2 Å². The SMILES string of the molecule is CNC(=O)c1coc2c(C(C)(C)C)cc(-c3ccc[nH]c3=O)cc12. The van der Waals surface area contributed by atoms with Crippen molar-refractivity contribution in [1.82, 2.24) is 10.3 Å². The molecule has 24 heavy (non-hydrogen) atoms. The predicted octanol–water partition coefficient (Wildman–Crippen LogP) is 3.45. The van der Waals surface area contributed by atoms with Crippen LogP contribution in [0.1, 0.15) is 36.7 Å². The molecule has 2 heterocycles. The lowest BCUT2D eigenvalue weighted by molar-refractivity contribution is 0.0964. The Bertz CT molecular complexity index is 974. The summed E-state index contributed by atoms with van der Waals surface area (Å²) in [6.07, 6.45) is 3.07. The Morgan fingerprint density at radius 3 is 2.62 bits per heavy atom. The van der Waals surface area contributed by atoms with Crippen LogP contribution in [0.2, 0.25) is 0 Å². The molecule has 0 spiro atoms. The fourth-order valence-electron chi connectivity index (χ4n) is 2.81. The number of amides is 1. The summed E-state index contributed by atoms with van der Waals surface area (Å²) in [4.78, 5) is 27.0. The van der Waals surface area contributed by atoms with E-state index in [0.717, 1.165) is 11.1 Å². The van der Waals surface area contributed by atoms with Gasteiger partial charge in [-0.15, -0.1) is 0 Å². The smallest absolute Gasteiger partial charge is 0.255 e. The standard InChI is InChI=1S/C19H20N2O3/c1-19(2,3)15-9-11(12-6-5-7-21-18(12)23)8-13-14(17(22)20-4)10-24-16(13)15/h5-10H,1-4H3,(H,20,22)(H,21,23). The van der Waals surface area contributed by atoms with Crippen molar-refractivity contribution in [3.63, 3.8) is 0 Å². The molecule has 124 valence electrons. The van der Waals surface area contributed by atoms with Gasteiger partial charge in [0.15, 0.2) is 0 Å². The van der Waals surface area contributed by atoms with Crippen LogP contribution in [0.4, 0.5) is 0 Å². The summed E-state index contributed by atoms with van der Waals surface area (Å²) in [5.41, 5.74) is 3.06. The summed E-state index contributed by atoms with van der Waals surface area (Å²) in [6.45, 7) is 6.22. The topological polar surface area (TPSA) is 75.1 Å². The maximum atomic E-state index is 12.2. The minimum Gasteiger partial charge on any atom is -0.463 e. The van der Waals surface area contributed by atoms with Crippen molar-refractivity contribution in [1.29, 1.82) is 0 Å². The lowest BCUT2D eigenvalue weighted by Crippen LogP contribution is -2.17. The van der Waals surface area contributed by atoms with Crippen LogP contribution < -0.4 is 10.9 Å². The summed E-state index contributed by atoms with van der Waals surface area (Å²) >= 11 is 0. The van der Waals surface area contributed by atoms with E-state index in [4.69, 9.17) is 4.42 Å². The summed E-state index contributed by atoms with van der Waals surface area (Å²) in [5, 5.41) is 3.33. The number of fused-ring (bicyclic) bond motifs is 1. The van der Waals surface area contributed by atoms with Gasteiger partial charge in [0.1, 0.15) is 11.8 Å². The molecule has 1 aromatic carbocycles. The minimum absolute atomic E-state index is 0.165. The van der Waals surface area contributed by atoms with Gasteiger partial charge in [-0.1, -0.05) is 20.8 Å². The van der Waals surface area contributed by atoms with Crippen LogP contribution >= 0.6 is 0 Å². The number of H-pyrrole nitrogens is 1. The number of hydrogen-bond donors (Lipinski definition) is 2. The molecule has 0 unspecified atom stereocenters. The first kappa shape index (κ1) is 16.1. The van der Waals surface area contributed by atoms with Gasteiger partial charge in [-0.05, 0) is 35.2 Å². The first-order chi connectivity index (χ1) is 11.3. The van der Waals surface area contributed by atoms with Crippen LogP contribution in [0, 0.1) is 0 Å². The second-order valence-corrected chi connectivity index (χ2v) is 6.79. The average molecular weight is 324 g/mol. The molecule has 0 aliphatic heterocycles. The number of aromatic amines is 1. The van der Waals surface area contributed by atoms with Crippen LogP contribution in [0.25, 0.3) is 22.1 Å². The highest BCUT2D eigenvalue weighted by Gasteiger charge is 2.24. The van der Waals surface area contributed by atoms with Crippen molar-refractivity contribution in [2.45, 2.75) is 26.2 Å². The zero-order chi connectivity index (χ0) is 17.5. The summed E-state index contributed by atoms with van der Waals surface area (Å²) in [6, 6.07) is 7.35. The highest BCUT2D eigenvalue weighted by molar-refractivity contribution is 6.07. The number of benzene rings is 1. The number of furan rings is 1. The second-order valence-electron chi connectivity index (χ2n) is 6.79. The molecular weight excluding hydrogens is 304 g/mol. The zero-order valence-electron chi connectivity index (χ0n) is 14.2. The van der Waals surface area contributed by atoms with E-state index in [9.17, 15) is 9.59 Å². The monoisotopic (exact) mass is 324 g/mol. The predicted molar refractivity (Wildman–Crippen MR) is 94.4 cm³/mol. The summed E-state index contributed by atoms with van der Waals surface area (Å²) < 4.78 is 5.70. The molecule has 3 rings (SSSR count). The largest absolute Gasteiger partial charge is 0.463 e. The highest BCUT2D eigenvalue weighted by Crippen LogP contribution is 2.36. The van der Waals surface area contributed by atoms with Crippen LogP contribution in [0.3, 0.4) is 0 Å². The van der Waals surface area contributed by atoms with Crippen LogP contribution in [0.5, 0.6) is 0 Å². The van der Waals surface area contributed by atoms with Crippen molar-refractivity contribution >= 4 is 16.9 Å². The molecule has 2 aromatic heterocycles. The van der Waals surface area contributed by atoms with E-state index in [1.807, 2.05) is 12.1 Å².